The lowest BCUT2D eigenvalue weighted by Gasteiger charge is -2.12. The van der Waals surface area contributed by atoms with Crippen LogP contribution >= 0.6 is 0 Å². The number of hydrogen-bond donors (Lipinski definition) is 1. The fourth-order valence-electron chi connectivity index (χ4n) is 3.56. The highest BCUT2D eigenvalue weighted by Crippen LogP contribution is 2.22. The van der Waals surface area contributed by atoms with Gasteiger partial charge in [0, 0.05) is 29.5 Å². The first-order valence-electron chi connectivity index (χ1n) is 10.5. The number of carbonyl (C=O) groups is 1. The number of pyridine rings is 1. The van der Waals surface area contributed by atoms with E-state index in [1.165, 1.54) is 0 Å². The van der Waals surface area contributed by atoms with Crippen molar-refractivity contribution in [2.75, 3.05) is 12.4 Å². The lowest BCUT2D eigenvalue weighted by molar-refractivity contribution is -0.116. The van der Waals surface area contributed by atoms with E-state index >= 15 is 0 Å². The Balaban J connectivity index is 1.52. The molecule has 0 saturated carbocycles. The summed E-state index contributed by atoms with van der Waals surface area (Å²) < 4.78 is 5.21. The normalized spacial score (nSPS) is 11.3. The zero-order valence-electron chi connectivity index (χ0n) is 17.9. The number of anilines is 1. The van der Waals surface area contributed by atoms with Crippen LogP contribution in [0.15, 0.2) is 91.1 Å². The molecule has 0 fully saturated rings. The molecule has 1 atom stereocenters. The summed E-state index contributed by atoms with van der Waals surface area (Å²) in [6.45, 7) is 0. The van der Waals surface area contributed by atoms with Gasteiger partial charge in [-0.15, -0.1) is 0 Å². The minimum atomic E-state index is -0.123. The van der Waals surface area contributed by atoms with Crippen molar-refractivity contribution in [3.05, 3.63) is 102 Å². The van der Waals surface area contributed by atoms with Gasteiger partial charge in [-0.1, -0.05) is 60.4 Å². The summed E-state index contributed by atoms with van der Waals surface area (Å²) in [5.74, 6) is 7.12. The minimum Gasteiger partial charge on any atom is -0.497 e. The van der Waals surface area contributed by atoms with Gasteiger partial charge in [0.1, 0.15) is 5.75 Å². The first kappa shape index (κ1) is 21.1. The molecule has 1 unspecified atom stereocenters. The van der Waals surface area contributed by atoms with Crippen LogP contribution in [0.1, 0.15) is 17.5 Å². The number of ether oxygens (including phenoxy) is 1. The quantitative estimate of drug-likeness (QED) is 0.420. The molecule has 4 heteroatoms. The van der Waals surface area contributed by atoms with Crippen LogP contribution in [0.2, 0.25) is 0 Å². The average molecular weight is 421 g/mol. The summed E-state index contributed by atoms with van der Waals surface area (Å²) in [6, 6.07) is 27.4. The Bertz CT molecular complexity index is 1250. The third-order valence-corrected chi connectivity index (χ3v) is 5.17. The van der Waals surface area contributed by atoms with E-state index in [0.29, 0.717) is 12.8 Å². The molecule has 1 N–H and O–H groups in total. The van der Waals surface area contributed by atoms with Crippen molar-refractivity contribution in [3.63, 3.8) is 0 Å². The predicted molar refractivity (Wildman–Crippen MR) is 128 cm³/mol. The van der Waals surface area contributed by atoms with Gasteiger partial charge in [-0.05, 0) is 48.4 Å². The van der Waals surface area contributed by atoms with Gasteiger partial charge in [-0.2, -0.15) is 0 Å². The molecule has 32 heavy (non-hydrogen) atoms. The summed E-state index contributed by atoms with van der Waals surface area (Å²) in [5.41, 5.74) is 3.55. The number of benzene rings is 3. The summed E-state index contributed by atoms with van der Waals surface area (Å²) in [6.07, 6.45) is 2.73. The van der Waals surface area contributed by atoms with E-state index in [4.69, 9.17) is 4.74 Å². The molecule has 0 aliphatic heterocycles. The van der Waals surface area contributed by atoms with Crippen LogP contribution in [0.25, 0.3) is 10.9 Å². The Morgan fingerprint density at radius 1 is 0.969 bits per heavy atom. The first-order valence-corrected chi connectivity index (χ1v) is 10.5. The van der Waals surface area contributed by atoms with Crippen molar-refractivity contribution in [2.45, 2.75) is 12.8 Å². The van der Waals surface area contributed by atoms with Crippen LogP contribution in [0.4, 0.5) is 5.69 Å². The zero-order chi connectivity index (χ0) is 22.2. The lowest BCUT2D eigenvalue weighted by atomic mass is 9.95. The minimum absolute atomic E-state index is 0.0758. The highest BCUT2D eigenvalue weighted by atomic mass is 16.5. The van der Waals surface area contributed by atoms with Crippen molar-refractivity contribution in [1.29, 1.82) is 0 Å². The molecule has 4 rings (SSSR count). The maximum absolute atomic E-state index is 12.9. The second kappa shape index (κ2) is 10.3. The number of hydrogen-bond acceptors (Lipinski definition) is 3. The van der Waals surface area contributed by atoms with Gasteiger partial charge in [0.15, 0.2) is 0 Å². The number of aromatic nitrogens is 1. The average Bonchev–Trinajstić information content (AvgIpc) is 2.84. The van der Waals surface area contributed by atoms with Crippen LogP contribution in [0, 0.1) is 17.8 Å². The van der Waals surface area contributed by atoms with Crippen molar-refractivity contribution < 1.29 is 9.53 Å². The van der Waals surface area contributed by atoms with E-state index in [9.17, 15) is 4.79 Å². The van der Waals surface area contributed by atoms with Crippen LogP contribution in [-0.4, -0.2) is 18.0 Å². The molecular formula is C28H24N2O2. The van der Waals surface area contributed by atoms with Gasteiger partial charge in [0.25, 0.3) is 0 Å². The van der Waals surface area contributed by atoms with E-state index in [1.54, 1.807) is 13.3 Å². The summed E-state index contributed by atoms with van der Waals surface area (Å²) >= 11 is 0. The molecule has 0 radical (unpaired) electrons. The second-order valence-corrected chi connectivity index (χ2v) is 7.52. The fraction of sp³-hybridized carbons (Fsp3) is 0.143. The number of carbonyl (C=O) groups excluding carboxylic acids is 1. The standard InChI is InChI=1S/C28H24N2O2/c1-32-25-16-14-21(15-17-25)12-13-23(19-22-7-3-2-4-8-22)20-27(31)30-26-11-5-9-24-10-6-18-29-28(24)26/h2-11,14-18,23H,19-20H2,1H3,(H,30,31). The molecule has 1 heterocycles. The predicted octanol–water partition coefficient (Wildman–Crippen LogP) is 5.48. The Morgan fingerprint density at radius 3 is 2.53 bits per heavy atom. The SMILES string of the molecule is COc1ccc(C#CC(CC(=O)Nc2cccc3cccnc23)Cc2ccccc2)cc1. The molecule has 4 aromatic rings. The summed E-state index contributed by atoms with van der Waals surface area (Å²) in [7, 11) is 1.64. The van der Waals surface area contributed by atoms with E-state index in [2.05, 4.69) is 34.3 Å². The molecule has 158 valence electrons. The molecule has 0 aliphatic carbocycles. The number of amides is 1. The fourth-order valence-corrected chi connectivity index (χ4v) is 3.56. The Morgan fingerprint density at radius 2 is 1.75 bits per heavy atom. The maximum Gasteiger partial charge on any atom is 0.225 e. The van der Waals surface area contributed by atoms with Crippen LogP contribution < -0.4 is 10.1 Å². The molecule has 0 bridgehead atoms. The van der Waals surface area contributed by atoms with Gasteiger partial charge < -0.3 is 10.1 Å². The Labute approximate surface area is 188 Å². The summed E-state index contributed by atoms with van der Waals surface area (Å²) in [5, 5.41) is 4.02. The lowest BCUT2D eigenvalue weighted by Crippen LogP contribution is -2.17. The maximum atomic E-state index is 12.9. The molecule has 0 spiro atoms. The largest absolute Gasteiger partial charge is 0.497 e. The van der Waals surface area contributed by atoms with Gasteiger partial charge in [-0.25, -0.2) is 0 Å². The summed E-state index contributed by atoms with van der Waals surface area (Å²) in [4.78, 5) is 17.3. The number of fused-ring (bicyclic) bond motifs is 1. The van der Waals surface area contributed by atoms with Crippen LogP contribution in [0.5, 0.6) is 5.75 Å². The van der Waals surface area contributed by atoms with Crippen molar-refractivity contribution >= 4 is 22.5 Å². The van der Waals surface area contributed by atoms with E-state index in [-0.39, 0.29) is 11.8 Å². The number of para-hydroxylation sites is 1. The van der Waals surface area contributed by atoms with E-state index < -0.39 is 0 Å². The number of methoxy groups -OCH3 is 1. The molecule has 1 aromatic heterocycles. The molecule has 4 nitrogen and oxygen atoms in total. The van der Waals surface area contributed by atoms with Gasteiger partial charge in [0.2, 0.25) is 5.91 Å². The molecule has 1 amide bonds. The Kier molecular flexibility index (Phi) is 6.79. The van der Waals surface area contributed by atoms with Crippen molar-refractivity contribution in [2.24, 2.45) is 5.92 Å². The van der Waals surface area contributed by atoms with Crippen molar-refractivity contribution in [3.8, 4) is 17.6 Å². The monoisotopic (exact) mass is 420 g/mol. The molecule has 0 aliphatic rings. The third kappa shape index (κ3) is 5.53. The highest BCUT2D eigenvalue weighted by Gasteiger charge is 2.14. The highest BCUT2D eigenvalue weighted by molar-refractivity contribution is 6.00. The van der Waals surface area contributed by atoms with Crippen LogP contribution in [0.3, 0.4) is 0 Å². The first-order chi connectivity index (χ1) is 15.7. The number of nitrogens with one attached hydrogen (secondary N) is 1. The van der Waals surface area contributed by atoms with Crippen LogP contribution in [-0.2, 0) is 11.2 Å². The number of nitrogens with zero attached hydrogens (tertiary/aromatic N) is 1. The number of rotatable bonds is 6. The topological polar surface area (TPSA) is 51.2 Å². The smallest absolute Gasteiger partial charge is 0.225 e. The second-order valence-electron chi connectivity index (χ2n) is 7.52. The van der Waals surface area contributed by atoms with Gasteiger partial charge in [0.05, 0.1) is 18.3 Å². The van der Waals surface area contributed by atoms with E-state index in [1.807, 2.05) is 72.8 Å². The van der Waals surface area contributed by atoms with Gasteiger partial charge in [-0.3, -0.25) is 9.78 Å². The molecule has 3 aromatic carbocycles. The van der Waals surface area contributed by atoms with E-state index in [0.717, 1.165) is 33.5 Å². The third-order valence-electron chi connectivity index (χ3n) is 5.17. The zero-order valence-corrected chi connectivity index (χ0v) is 17.9. The Hall–Kier alpha value is -4.10. The van der Waals surface area contributed by atoms with Gasteiger partial charge >= 0.3 is 0 Å². The van der Waals surface area contributed by atoms with Crippen molar-refractivity contribution in [1.82, 2.24) is 4.98 Å². The molecular weight excluding hydrogens is 396 g/mol. The molecule has 0 saturated heterocycles.